The van der Waals surface area contributed by atoms with Crippen LogP contribution in [-0.4, -0.2) is 77.4 Å². The second-order valence-corrected chi connectivity index (χ2v) is 21.1. The van der Waals surface area contributed by atoms with E-state index in [2.05, 4.69) is 59.6 Å². The number of anilines is 1. The van der Waals surface area contributed by atoms with Crippen molar-refractivity contribution in [2.24, 2.45) is 28.5 Å². The monoisotopic (exact) mass is 1040 g/mol. The molecule has 0 fully saturated rings. The maximum atomic E-state index is 14.3. The third-order valence-electron chi connectivity index (χ3n) is 16.1. The van der Waals surface area contributed by atoms with Gasteiger partial charge in [-0.3, -0.25) is 9.79 Å². The van der Waals surface area contributed by atoms with Crippen molar-refractivity contribution < 1.29 is 49.3 Å². The van der Waals surface area contributed by atoms with Gasteiger partial charge >= 0.3 is 0 Å². The van der Waals surface area contributed by atoms with E-state index in [0.717, 1.165) is 50.0 Å². The average molecular weight is 1040 g/mol. The van der Waals surface area contributed by atoms with E-state index >= 15 is 0 Å². The Balaban J connectivity index is 1.20. The number of aliphatic hydroxyl groups excluding tert-OH is 3. The quantitative estimate of drug-likeness (QED) is 0.0182. The Morgan fingerprint density at radius 2 is 1.81 bits per heavy atom. The Bertz CT molecular complexity index is 3150. The van der Waals surface area contributed by atoms with Gasteiger partial charge in [-0.15, -0.1) is 0 Å². The Hall–Kier alpha value is -7.08. The SMILES string of the molecule is CCOCCc1cccc([C@@H]2CCC3=C[C@H](C[C@H](CO)CCc4cccc(NC(N)=NC)c4)[C@H](C=C3O)C[C@H]3CC(=O)CCc4ccc(OC)c(c4)OCc4c(C(O)O)cc5c(c(O)cc6c5c4C=C[C@H]6C)[C@H]2C#CO3)c1. The zero-order valence-corrected chi connectivity index (χ0v) is 44.6. The summed E-state index contributed by atoms with van der Waals surface area (Å²) in [5.41, 5.74) is 14.4. The number of aliphatic hydroxyl groups is 4. The Morgan fingerprint density at radius 1 is 0.987 bits per heavy atom. The summed E-state index contributed by atoms with van der Waals surface area (Å²) in [4.78, 5) is 18.3. The normalized spacial score (nSPS) is 21.9. The predicted molar refractivity (Wildman–Crippen MR) is 301 cm³/mol. The summed E-state index contributed by atoms with van der Waals surface area (Å²) in [6, 6.07) is 25.5. The van der Waals surface area contributed by atoms with Crippen molar-refractivity contribution in [1.82, 2.24) is 0 Å². The number of hydrogen-bond acceptors (Lipinski definition) is 11. The number of carbonyl (C=O) groups excluding carboxylic acids is 1. The topological polar surface area (TPSA) is 206 Å². The van der Waals surface area contributed by atoms with Gasteiger partial charge in [-0.05, 0) is 168 Å². The fourth-order valence-electron chi connectivity index (χ4n) is 11.9. The number of allylic oxidation sites excluding steroid dienone is 4. The highest BCUT2D eigenvalue weighted by atomic mass is 16.5. The number of nitrogens with one attached hydrogen (secondary N) is 1. The van der Waals surface area contributed by atoms with Crippen molar-refractivity contribution in [3.63, 3.8) is 0 Å². The molecule has 0 spiro atoms. The minimum absolute atomic E-state index is 0.00295. The Labute approximate surface area is 452 Å². The highest BCUT2D eigenvalue weighted by Gasteiger charge is 2.36. The summed E-state index contributed by atoms with van der Waals surface area (Å²) in [5, 5.41) is 62.9. The fraction of sp³-hybridized carbons (Fsp3) is 0.406. The lowest BCUT2D eigenvalue weighted by atomic mass is 9.72. The molecule has 77 heavy (non-hydrogen) atoms. The first kappa shape index (κ1) is 54.7. The number of fused-ring (bicyclic) bond motifs is 8. The van der Waals surface area contributed by atoms with Crippen molar-refractivity contribution in [2.45, 2.75) is 115 Å². The summed E-state index contributed by atoms with van der Waals surface area (Å²) < 4.78 is 24.8. The molecule has 5 aromatic carbocycles. The number of ether oxygens (including phenoxy) is 4. The molecule has 0 radical (unpaired) electrons. The molecule has 0 aromatic heterocycles. The van der Waals surface area contributed by atoms with Crippen molar-refractivity contribution >= 4 is 34.3 Å². The van der Waals surface area contributed by atoms with E-state index in [9.17, 15) is 30.3 Å². The zero-order valence-electron chi connectivity index (χ0n) is 44.6. The van der Waals surface area contributed by atoms with Crippen molar-refractivity contribution in [3.05, 3.63) is 158 Å². The Kier molecular flexibility index (Phi) is 17.7. The summed E-state index contributed by atoms with van der Waals surface area (Å²) in [7, 11) is 3.19. The maximum absolute atomic E-state index is 14.3. The van der Waals surface area contributed by atoms with Crippen molar-refractivity contribution in [1.29, 1.82) is 0 Å². The molecule has 8 N–H and O–H groups in total. The minimum Gasteiger partial charge on any atom is -0.508 e. The fourth-order valence-corrected chi connectivity index (χ4v) is 11.9. The number of ketones is 1. The van der Waals surface area contributed by atoms with Crippen LogP contribution >= 0.6 is 0 Å². The van der Waals surface area contributed by atoms with Crippen LogP contribution in [0, 0.1) is 29.8 Å². The van der Waals surface area contributed by atoms with E-state index < -0.39 is 24.2 Å². The van der Waals surface area contributed by atoms with E-state index in [1.807, 2.05) is 73.7 Å². The molecule has 11 rings (SSSR count). The van der Waals surface area contributed by atoms with Gasteiger partial charge in [0, 0.05) is 67.3 Å². The molecular formula is C64H73N3O10. The first-order chi connectivity index (χ1) is 37.3. The number of methoxy groups -OCH3 is 1. The molecule has 13 nitrogen and oxygen atoms in total. The van der Waals surface area contributed by atoms with Crippen LogP contribution in [0.5, 0.6) is 17.2 Å². The summed E-state index contributed by atoms with van der Waals surface area (Å²) in [5.74, 6) is 3.17. The first-order valence-corrected chi connectivity index (χ1v) is 27.2. The van der Waals surface area contributed by atoms with E-state index in [4.69, 9.17) is 24.7 Å². The number of carbonyl (C=O) groups is 1. The second kappa shape index (κ2) is 24.9. The molecular weight excluding hydrogens is 971 g/mol. The van der Waals surface area contributed by atoms with Gasteiger partial charge in [0.05, 0.1) is 19.6 Å². The van der Waals surface area contributed by atoms with Gasteiger partial charge in [0.25, 0.3) is 0 Å². The number of benzene rings is 5. The summed E-state index contributed by atoms with van der Waals surface area (Å²) in [6.45, 7) is 5.09. The van der Waals surface area contributed by atoms with Gasteiger partial charge in [0.1, 0.15) is 36.1 Å². The molecule has 404 valence electrons. The van der Waals surface area contributed by atoms with Crippen LogP contribution in [0.4, 0.5) is 5.69 Å². The second-order valence-electron chi connectivity index (χ2n) is 21.1. The molecule has 4 aliphatic heterocycles. The first-order valence-electron chi connectivity index (χ1n) is 27.2. The van der Waals surface area contributed by atoms with Crippen LogP contribution in [0.1, 0.15) is 133 Å². The molecule has 0 unspecified atom stereocenters. The third kappa shape index (κ3) is 12.7. The number of nitrogens with two attached hydrogens (primary N) is 1. The van der Waals surface area contributed by atoms with Gasteiger partial charge in [0.2, 0.25) is 0 Å². The number of nitrogens with zero attached hydrogens (tertiary/aromatic N) is 1. The summed E-state index contributed by atoms with van der Waals surface area (Å²) >= 11 is 0. The lowest BCUT2D eigenvalue weighted by Crippen LogP contribution is -2.27. The molecule has 0 saturated heterocycles. The van der Waals surface area contributed by atoms with E-state index in [1.54, 1.807) is 20.2 Å². The standard InChI is InChI=1S/C64H73N3O10/c1-5-75-24-22-40-8-6-10-43(26-40)50-20-17-44-30-45(27-42(36-68)14-13-39-9-7-11-47(28-39)67-64(65)66-3)46(32-57(44)70)31-49-33-48(69)18-15-41-16-21-59(74-4)60(29-41)77-37-56-51-19-12-38(2)53-35-58(71)62(52(50)23-25-76-49)55(61(51)53)34-54(56)63(72)73/h6-12,16,19,21,26,28-30,32,34-35,38,42,45-46,49-50,52,63,68,70-73H,5,13-15,17-18,20,22,24,27,31,33,36-37H2,1-4H3,(H3,65,66,67)/t38-,42-,45+,46+,49+,50+,52+/m1/s1. The molecule has 4 heterocycles. The van der Waals surface area contributed by atoms with E-state index in [0.29, 0.717) is 98.6 Å². The van der Waals surface area contributed by atoms with Gasteiger partial charge in [-0.2, -0.15) is 0 Å². The number of phenolic OH excluding ortho intramolecular Hbond substituents is 1. The Morgan fingerprint density at radius 3 is 2.58 bits per heavy atom. The van der Waals surface area contributed by atoms with Crippen LogP contribution < -0.4 is 20.5 Å². The van der Waals surface area contributed by atoms with Crippen molar-refractivity contribution in [3.8, 4) is 29.3 Å². The minimum atomic E-state index is -1.91. The van der Waals surface area contributed by atoms with Crippen LogP contribution in [0.3, 0.4) is 0 Å². The highest BCUT2D eigenvalue weighted by Crippen LogP contribution is 2.50. The third-order valence-corrected chi connectivity index (χ3v) is 16.1. The molecule has 0 saturated carbocycles. The number of aromatic hydroxyl groups is 1. The van der Waals surface area contributed by atoms with E-state index in [1.165, 1.54) is 0 Å². The zero-order chi connectivity index (χ0) is 54.2. The molecule has 7 atom stereocenters. The molecule has 6 aliphatic rings. The number of phenols is 1. The molecule has 10 bridgehead atoms. The molecule has 5 aromatic rings. The van der Waals surface area contributed by atoms with Gasteiger partial charge in [-0.1, -0.05) is 73.5 Å². The lowest BCUT2D eigenvalue weighted by molar-refractivity contribution is -0.121. The number of guanidine groups is 1. The molecule has 2 aliphatic carbocycles. The van der Waals surface area contributed by atoms with Crippen LogP contribution in [-0.2, 0) is 40.1 Å². The lowest BCUT2D eigenvalue weighted by Gasteiger charge is -2.32. The average Bonchev–Trinajstić information content (AvgIpc) is 3.55. The van der Waals surface area contributed by atoms with Gasteiger partial charge < -0.3 is 55.5 Å². The number of Topliss-reactive ketones (excluding diaryl/α,β-unsaturated/α-hetero) is 1. The van der Waals surface area contributed by atoms with Crippen LogP contribution in [0.15, 0.2) is 113 Å². The highest BCUT2D eigenvalue weighted by molar-refractivity contribution is 6.01. The van der Waals surface area contributed by atoms with Crippen LogP contribution in [0.25, 0.3) is 16.8 Å². The largest absolute Gasteiger partial charge is 0.508 e. The number of aliphatic imine (C=N–C) groups is 1. The van der Waals surface area contributed by atoms with Crippen LogP contribution in [0.2, 0.25) is 0 Å². The summed E-state index contributed by atoms with van der Waals surface area (Å²) in [6.07, 6.45) is 13.3. The van der Waals surface area contributed by atoms with E-state index in [-0.39, 0.29) is 72.6 Å². The van der Waals surface area contributed by atoms with Gasteiger partial charge in [-0.25, -0.2) is 0 Å². The number of aryl methyl sites for hydroxylation is 2. The van der Waals surface area contributed by atoms with Gasteiger partial charge in [0.15, 0.2) is 23.7 Å². The smallest absolute Gasteiger partial charge is 0.192 e. The number of hydrogen-bond donors (Lipinski definition) is 7. The molecule has 13 heteroatoms. The number of rotatable bonds is 14. The van der Waals surface area contributed by atoms with Crippen molar-refractivity contribution in [2.75, 3.05) is 39.3 Å². The predicted octanol–water partition coefficient (Wildman–Crippen LogP) is 10.7. The molecule has 0 amide bonds. The maximum Gasteiger partial charge on any atom is 0.192 e.